The number of hydrogen-bond acceptors (Lipinski definition) is 5. The summed E-state index contributed by atoms with van der Waals surface area (Å²) >= 11 is 1.27. The summed E-state index contributed by atoms with van der Waals surface area (Å²) in [5.74, 6) is 0.748. The van der Waals surface area contributed by atoms with Crippen LogP contribution in [0.3, 0.4) is 0 Å². The number of ether oxygens (including phenoxy) is 1. The fourth-order valence-corrected chi connectivity index (χ4v) is 2.99. The highest BCUT2D eigenvalue weighted by molar-refractivity contribution is 8.18. The molecule has 3 rings (SSSR count). The highest BCUT2D eigenvalue weighted by Gasteiger charge is 2.23. The van der Waals surface area contributed by atoms with Gasteiger partial charge in [-0.3, -0.25) is 4.79 Å². The number of carbonyl (C=O) groups excluding carboxylic acids is 1. The fraction of sp³-hybridized carbons (Fsp3) is 0.111. The lowest BCUT2D eigenvalue weighted by Gasteiger charge is -2.02. The Kier molecular flexibility index (Phi) is 4.86. The van der Waals surface area contributed by atoms with E-state index in [1.54, 1.807) is 24.3 Å². The first kappa shape index (κ1) is 16.1. The van der Waals surface area contributed by atoms with Crippen LogP contribution in [-0.2, 0) is 4.79 Å². The number of nitrogens with one attached hydrogen (secondary N) is 1. The molecular formula is C18H16N2O3S. The third-order valence-electron chi connectivity index (χ3n) is 3.20. The van der Waals surface area contributed by atoms with Gasteiger partial charge < -0.3 is 15.2 Å². The van der Waals surface area contributed by atoms with Gasteiger partial charge in [-0.1, -0.05) is 12.1 Å². The molecule has 5 nitrogen and oxygen atoms in total. The SMILES string of the molecule is CCOc1ccc(N=C2NC(=O)/C(=C/c3cccc(O)c3)S2)cc1. The van der Waals surface area contributed by atoms with E-state index in [0.29, 0.717) is 16.7 Å². The average molecular weight is 340 g/mol. The second-order valence-corrected chi connectivity index (χ2v) is 6.03. The third kappa shape index (κ3) is 3.97. The summed E-state index contributed by atoms with van der Waals surface area (Å²) in [5.41, 5.74) is 1.50. The van der Waals surface area contributed by atoms with E-state index in [9.17, 15) is 9.90 Å². The number of nitrogens with zero attached hydrogens (tertiary/aromatic N) is 1. The summed E-state index contributed by atoms with van der Waals surface area (Å²) in [6.07, 6.45) is 1.72. The molecule has 2 aromatic rings. The van der Waals surface area contributed by atoms with E-state index in [0.717, 1.165) is 17.0 Å². The first-order valence-electron chi connectivity index (χ1n) is 7.45. The zero-order chi connectivity index (χ0) is 16.9. The minimum absolute atomic E-state index is 0.163. The number of phenols is 1. The number of benzene rings is 2. The number of aromatic hydroxyl groups is 1. The predicted octanol–water partition coefficient (Wildman–Crippen LogP) is 3.68. The molecule has 1 fully saturated rings. The molecule has 0 unspecified atom stereocenters. The second-order valence-electron chi connectivity index (χ2n) is 5.00. The van der Waals surface area contributed by atoms with Gasteiger partial charge in [0.05, 0.1) is 17.2 Å². The first-order chi connectivity index (χ1) is 11.6. The number of amidine groups is 1. The summed E-state index contributed by atoms with van der Waals surface area (Å²) < 4.78 is 5.39. The van der Waals surface area contributed by atoms with E-state index in [-0.39, 0.29) is 11.7 Å². The number of thioether (sulfide) groups is 1. The van der Waals surface area contributed by atoms with E-state index >= 15 is 0 Å². The number of carbonyl (C=O) groups is 1. The molecule has 0 atom stereocenters. The van der Waals surface area contributed by atoms with Crippen LogP contribution in [0.4, 0.5) is 5.69 Å². The Morgan fingerprint density at radius 2 is 2.04 bits per heavy atom. The Morgan fingerprint density at radius 3 is 2.75 bits per heavy atom. The van der Waals surface area contributed by atoms with Crippen LogP contribution in [0.2, 0.25) is 0 Å². The highest BCUT2D eigenvalue weighted by atomic mass is 32.2. The van der Waals surface area contributed by atoms with E-state index in [2.05, 4.69) is 10.3 Å². The van der Waals surface area contributed by atoms with Crippen molar-refractivity contribution in [1.82, 2.24) is 5.32 Å². The first-order valence-corrected chi connectivity index (χ1v) is 8.27. The molecule has 1 aliphatic rings. The molecule has 2 aromatic carbocycles. The van der Waals surface area contributed by atoms with Crippen molar-refractivity contribution in [3.05, 3.63) is 59.0 Å². The van der Waals surface area contributed by atoms with Gasteiger partial charge >= 0.3 is 0 Å². The molecule has 2 N–H and O–H groups in total. The Hall–Kier alpha value is -2.73. The Balaban J connectivity index is 1.76. The van der Waals surface area contributed by atoms with Gasteiger partial charge in [0, 0.05) is 0 Å². The molecule has 0 aromatic heterocycles. The quantitative estimate of drug-likeness (QED) is 0.833. The lowest BCUT2D eigenvalue weighted by molar-refractivity contribution is -0.115. The smallest absolute Gasteiger partial charge is 0.264 e. The lowest BCUT2D eigenvalue weighted by atomic mass is 10.2. The van der Waals surface area contributed by atoms with Gasteiger partial charge in [0.1, 0.15) is 11.5 Å². The number of aliphatic imine (C=N–C) groups is 1. The normalized spacial score (nSPS) is 17.3. The summed E-state index contributed by atoms with van der Waals surface area (Å²) in [4.78, 5) is 17.0. The Bertz CT molecular complexity index is 813. The molecule has 0 saturated carbocycles. The number of rotatable bonds is 4. The van der Waals surface area contributed by atoms with Gasteiger partial charge in [0.15, 0.2) is 5.17 Å². The van der Waals surface area contributed by atoms with Crippen molar-refractivity contribution in [2.75, 3.05) is 6.61 Å². The average Bonchev–Trinajstić information content (AvgIpc) is 2.89. The predicted molar refractivity (Wildman–Crippen MR) is 96.5 cm³/mol. The second kappa shape index (κ2) is 7.23. The van der Waals surface area contributed by atoms with Crippen molar-refractivity contribution in [3.63, 3.8) is 0 Å². The van der Waals surface area contributed by atoms with E-state index in [4.69, 9.17) is 4.74 Å². The molecule has 0 bridgehead atoms. The van der Waals surface area contributed by atoms with Crippen molar-refractivity contribution < 1.29 is 14.6 Å². The van der Waals surface area contributed by atoms with Crippen LogP contribution in [0.5, 0.6) is 11.5 Å². The van der Waals surface area contributed by atoms with Crippen LogP contribution in [0.25, 0.3) is 6.08 Å². The minimum atomic E-state index is -0.201. The van der Waals surface area contributed by atoms with Crippen molar-refractivity contribution in [1.29, 1.82) is 0 Å². The van der Waals surface area contributed by atoms with Gasteiger partial charge in [-0.25, -0.2) is 4.99 Å². The van der Waals surface area contributed by atoms with Crippen LogP contribution >= 0.6 is 11.8 Å². The van der Waals surface area contributed by atoms with Crippen LogP contribution in [0, 0.1) is 0 Å². The number of hydrogen-bond donors (Lipinski definition) is 2. The molecule has 24 heavy (non-hydrogen) atoms. The molecule has 1 heterocycles. The highest BCUT2D eigenvalue weighted by Crippen LogP contribution is 2.29. The van der Waals surface area contributed by atoms with Gasteiger partial charge in [-0.2, -0.15) is 0 Å². The Morgan fingerprint density at radius 1 is 1.25 bits per heavy atom. The summed E-state index contributed by atoms with van der Waals surface area (Å²) in [6, 6.07) is 14.1. The molecule has 0 spiro atoms. The van der Waals surface area contributed by atoms with Crippen LogP contribution < -0.4 is 10.1 Å². The lowest BCUT2D eigenvalue weighted by Crippen LogP contribution is -2.19. The third-order valence-corrected chi connectivity index (χ3v) is 4.11. The fourth-order valence-electron chi connectivity index (χ4n) is 2.15. The maximum absolute atomic E-state index is 12.0. The molecule has 6 heteroatoms. The number of phenolic OH excluding ortho intramolecular Hbond substituents is 1. The zero-order valence-electron chi connectivity index (χ0n) is 13.0. The summed E-state index contributed by atoms with van der Waals surface area (Å²) in [6.45, 7) is 2.54. The van der Waals surface area contributed by atoms with Crippen LogP contribution in [0.15, 0.2) is 58.4 Å². The maximum Gasteiger partial charge on any atom is 0.264 e. The van der Waals surface area contributed by atoms with E-state index in [1.165, 1.54) is 11.8 Å². The molecule has 1 saturated heterocycles. The van der Waals surface area contributed by atoms with Gasteiger partial charge in [0.25, 0.3) is 5.91 Å². The standard InChI is InChI=1S/C18H16N2O3S/c1-2-23-15-8-6-13(7-9-15)19-18-20-17(22)16(24-18)11-12-4-3-5-14(21)10-12/h3-11,21H,2H2,1H3,(H,19,20,22)/b16-11-. The molecule has 122 valence electrons. The Labute approximate surface area is 144 Å². The largest absolute Gasteiger partial charge is 0.508 e. The molecule has 1 aliphatic heterocycles. The zero-order valence-corrected chi connectivity index (χ0v) is 13.8. The molecule has 0 radical (unpaired) electrons. The van der Waals surface area contributed by atoms with Crippen molar-refractivity contribution in [3.8, 4) is 11.5 Å². The van der Waals surface area contributed by atoms with Gasteiger partial charge in [-0.15, -0.1) is 0 Å². The van der Waals surface area contributed by atoms with Crippen molar-refractivity contribution in [2.45, 2.75) is 6.92 Å². The molecular weight excluding hydrogens is 324 g/mol. The maximum atomic E-state index is 12.0. The molecule has 0 aliphatic carbocycles. The van der Waals surface area contributed by atoms with Gasteiger partial charge in [0.2, 0.25) is 0 Å². The number of amides is 1. The summed E-state index contributed by atoms with van der Waals surface area (Å²) in [7, 11) is 0. The van der Waals surface area contributed by atoms with E-state index < -0.39 is 0 Å². The van der Waals surface area contributed by atoms with Crippen molar-refractivity contribution in [2.24, 2.45) is 4.99 Å². The van der Waals surface area contributed by atoms with Gasteiger partial charge in [-0.05, 0) is 66.7 Å². The monoisotopic (exact) mass is 340 g/mol. The van der Waals surface area contributed by atoms with Crippen LogP contribution in [0.1, 0.15) is 12.5 Å². The van der Waals surface area contributed by atoms with Crippen LogP contribution in [-0.4, -0.2) is 22.8 Å². The van der Waals surface area contributed by atoms with Crippen molar-refractivity contribution >= 4 is 34.6 Å². The molecule has 1 amide bonds. The topological polar surface area (TPSA) is 70.9 Å². The summed E-state index contributed by atoms with van der Waals surface area (Å²) in [5, 5.41) is 12.8. The van der Waals surface area contributed by atoms with E-state index in [1.807, 2.05) is 37.3 Å². The minimum Gasteiger partial charge on any atom is -0.508 e.